The highest BCUT2D eigenvalue weighted by Gasteiger charge is 2.00. The Bertz CT molecular complexity index is 246. The molecule has 1 heterocycles. The van der Waals surface area contributed by atoms with Crippen LogP contribution in [0.5, 0.6) is 0 Å². The molecule has 0 spiro atoms. The van der Waals surface area contributed by atoms with Gasteiger partial charge >= 0.3 is 0 Å². The van der Waals surface area contributed by atoms with Crippen LogP contribution in [0.2, 0.25) is 0 Å². The highest BCUT2D eigenvalue weighted by molar-refractivity contribution is 5.04. The highest BCUT2D eigenvalue weighted by Crippen LogP contribution is 2.04. The Morgan fingerprint density at radius 3 is 3.06 bits per heavy atom. The Morgan fingerprint density at radius 1 is 1.50 bits per heavy atom. The molecule has 1 N–H and O–H groups in total. The lowest BCUT2D eigenvalue weighted by atomic mass is 10.1. The van der Waals surface area contributed by atoms with Gasteiger partial charge in [0.15, 0.2) is 0 Å². The fourth-order valence-corrected chi connectivity index (χ4v) is 1.63. The van der Waals surface area contributed by atoms with E-state index in [2.05, 4.69) is 19.2 Å². The summed E-state index contributed by atoms with van der Waals surface area (Å²) in [5, 5.41) is 3.31. The average molecular weight is 225 g/mol. The van der Waals surface area contributed by atoms with E-state index in [1.54, 1.807) is 12.5 Å². The lowest BCUT2D eigenvalue weighted by Gasteiger charge is -2.10. The minimum absolute atomic E-state index is 0.680. The Balaban J connectivity index is 1.88. The molecule has 0 amide bonds. The van der Waals surface area contributed by atoms with E-state index in [0.717, 1.165) is 26.3 Å². The van der Waals surface area contributed by atoms with Crippen molar-refractivity contribution in [3.8, 4) is 0 Å². The van der Waals surface area contributed by atoms with Gasteiger partial charge in [-0.25, -0.2) is 0 Å². The number of hydrogen-bond donors (Lipinski definition) is 1. The van der Waals surface area contributed by atoms with Crippen LogP contribution >= 0.6 is 0 Å². The van der Waals surface area contributed by atoms with E-state index < -0.39 is 0 Å². The van der Waals surface area contributed by atoms with Gasteiger partial charge in [-0.3, -0.25) is 0 Å². The van der Waals surface area contributed by atoms with E-state index in [9.17, 15) is 0 Å². The molecule has 92 valence electrons. The van der Waals surface area contributed by atoms with Gasteiger partial charge in [0.1, 0.15) is 0 Å². The molecular weight excluding hydrogens is 202 g/mol. The molecular formula is C13H23NO2. The summed E-state index contributed by atoms with van der Waals surface area (Å²) < 4.78 is 10.6. The zero-order chi connectivity index (χ0) is 11.6. The molecule has 0 aliphatic rings. The Labute approximate surface area is 98.2 Å². The van der Waals surface area contributed by atoms with E-state index in [0.29, 0.717) is 5.92 Å². The van der Waals surface area contributed by atoms with Crippen LogP contribution in [0.15, 0.2) is 23.0 Å². The summed E-state index contributed by atoms with van der Waals surface area (Å²) in [5.74, 6) is 0.680. The molecule has 1 atom stereocenters. The van der Waals surface area contributed by atoms with Crippen LogP contribution in [-0.2, 0) is 11.3 Å². The predicted octanol–water partition coefficient (Wildman–Crippen LogP) is 2.82. The van der Waals surface area contributed by atoms with Crippen molar-refractivity contribution in [3.05, 3.63) is 24.2 Å². The van der Waals surface area contributed by atoms with Gasteiger partial charge in [0, 0.05) is 25.3 Å². The summed E-state index contributed by atoms with van der Waals surface area (Å²) in [4.78, 5) is 0. The second-order valence-electron chi connectivity index (χ2n) is 4.28. The molecule has 0 bridgehead atoms. The van der Waals surface area contributed by atoms with Crippen molar-refractivity contribution in [3.63, 3.8) is 0 Å². The Morgan fingerprint density at radius 2 is 2.38 bits per heavy atom. The third-order valence-electron chi connectivity index (χ3n) is 2.52. The minimum Gasteiger partial charge on any atom is -0.472 e. The summed E-state index contributed by atoms with van der Waals surface area (Å²) in [6.07, 6.45) is 5.95. The third kappa shape index (κ3) is 5.93. The van der Waals surface area contributed by atoms with Gasteiger partial charge in [0.25, 0.3) is 0 Å². The van der Waals surface area contributed by atoms with Gasteiger partial charge in [-0.05, 0) is 18.4 Å². The maximum atomic E-state index is 5.58. The van der Waals surface area contributed by atoms with Crippen molar-refractivity contribution in [2.45, 2.75) is 33.2 Å². The second-order valence-corrected chi connectivity index (χ2v) is 4.28. The van der Waals surface area contributed by atoms with Crippen LogP contribution in [0.4, 0.5) is 0 Å². The number of nitrogens with one attached hydrogen (secondary N) is 1. The lowest BCUT2D eigenvalue weighted by Crippen LogP contribution is -2.20. The summed E-state index contributed by atoms with van der Waals surface area (Å²) in [6.45, 7) is 7.85. The molecule has 0 aliphatic carbocycles. The molecule has 0 saturated heterocycles. The molecule has 0 fully saturated rings. The summed E-state index contributed by atoms with van der Waals surface area (Å²) in [7, 11) is 0. The van der Waals surface area contributed by atoms with Crippen LogP contribution < -0.4 is 5.32 Å². The third-order valence-corrected chi connectivity index (χ3v) is 2.52. The molecule has 0 aliphatic heterocycles. The molecule has 0 aromatic carbocycles. The smallest absolute Gasteiger partial charge is 0.0947 e. The molecule has 3 nitrogen and oxygen atoms in total. The van der Waals surface area contributed by atoms with Crippen LogP contribution in [0.25, 0.3) is 0 Å². The molecule has 3 heteroatoms. The van der Waals surface area contributed by atoms with Gasteiger partial charge < -0.3 is 14.5 Å². The molecule has 1 rings (SSSR count). The van der Waals surface area contributed by atoms with Gasteiger partial charge in [0.05, 0.1) is 19.1 Å². The first-order valence-electron chi connectivity index (χ1n) is 6.12. The van der Waals surface area contributed by atoms with Crippen molar-refractivity contribution < 1.29 is 9.15 Å². The van der Waals surface area contributed by atoms with Gasteiger partial charge in [0.2, 0.25) is 0 Å². The molecule has 1 unspecified atom stereocenters. The monoisotopic (exact) mass is 225 g/mol. The van der Waals surface area contributed by atoms with Gasteiger partial charge in [-0.2, -0.15) is 0 Å². The normalized spacial score (nSPS) is 12.9. The van der Waals surface area contributed by atoms with E-state index in [1.165, 1.54) is 18.4 Å². The molecule has 0 radical (unpaired) electrons. The van der Waals surface area contributed by atoms with E-state index in [1.807, 2.05) is 6.07 Å². The SMILES string of the molecule is CCCC(C)COCCNCc1ccoc1. The van der Waals surface area contributed by atoms with Crippen LogP contribution in [0, 0.1) is 5.92 Å². The first-order valence-corrected chi connectivity index (χ1v) is 6.12. The van der Waals surface area contributed by atoms with Crippen LogP contribution in [0.3, 0.4) is 0 Å². The first kappa shape index (κ1) is 13.3. The maximum absolute atomic E-state index is 5.58. The number of furan rings is 1. The number of rotatable bonds is 9. The van der Waals surface area contributed by atoms with Gasteiger partial charge in [-0.1, -0.05) is 20.3 Å². The summed E-state index contributed by atoms with van der Waals surface area (Å²) in [6, 6.07) is 1.97. The van der Waals surface area contributed by atoms with E-state index in [4.69, 9.17) is 9.15 Å². The Hall–Kier alpha value is -0.800. The number of ether oxygens (including phenoxy) is 1. The standard InChI is InChI=1S/C13H23NO2/c1-3-4-12(2)10-16-8-6-14-9-13-5-7-15-11-13/h5,7,11-12,14H,3-4,6,8-10H2,1-2H3. The Kier molecular flexibility index (Phi) is 6.93. The fraction of sp³-hybridized carbons (Fsp3) is 0.692. The minimum atomic E-state index is 0.680. The molecule has 0 saturated carbocycles. The maximum Gasteiger partial charge on any atom is 0.0947 e. The quantitative estimate of drug-likeness (QED) is 0.656. The molecule has 1 aromatic heterocycles. The van der Waals surface area contributed by atoms with Crippen molar-refractivity contribution >= 4 is 0 Å². The largest absolute Gasteiger partial charge is 0.472 e. The van der Waals surface area contributed by atoms with Crippen LogP contribution in [-0.4, -0.2) is 19.8 Å². The fourth-order valence-electron chi connectivity index (χ4n) is 1.63. The predicted molar refractivity (Wildman–Crippen MR) is 65.3 cm³/mol. The average Bonchev–Trinajstić information content (AvgIpc) is 2.76. The molecule has 16 heavy (non-hydrogen) atoms. The van der Waals surface area contributed by atoms with Crippen molar-refractivity contribution in [1.29, 1.82) is 0 Å². The number of hydrogen-bond acceptors (Lipinski definition) is 3. The first-order chi connectivity index (χ1) is 7.83. The topological polar surface area (TPSA) is 34.4 Å². The zero-order valence-electron chi connectivity index (χ0n) is 10.4. The van der Waals surface area contributed by atoms with Crippen LogP contribution in [0.1, 0.15) is 32.3 Å². The lowest BCUT2D eigenvalue weighted by molar-refractivity contribution is 0.103. The van der Waals surface area contributed by atoms with E-state index >= 15 is 0 Å². The summed E-state index contributed by atoms with van der Waals surface area (Å²) in [5.41, 5.74) is 1.18. The van der Waals surface area contributed by atoms with Crippen molar-refractivity contribution in [2.75, 3.05) is 19.8 Å². The molecule has 1 aromatic rings. The van der Waals surface area contributed by atoms with Crippen molar-refractivity contribution in [1.82, 2.24) is 5.32 Å². The van der Waals surface area contributed by atoms with Crippen molar-refractivity contribution in [2.24, 2.45) is 5.92 Å². The highest BCUT2D eigenvalue weighted by atomic mass is 16.5. The second kappa shape index (κ2) is 8.36. The van der Waals surface area contributed by atoms with E-state index in [-0.39, 0.29) is 0 Å². The zero-order valence-corrected chi connectivity index (χ0v) is 10.4. The summed E-state index contributed by atoms with van der Waals surface area (Å²) >= 11 is 0. The van der Waals surface area contributed by atoms with Gasteiger partial charge in [-0.15, -0.1) is 0 Å².